The fourth-order valence-electron chi connectivity index (χ4n) is 2.82. The number of hydrogen-bond donors (Lipinski definition) is 2. The van der Waals surface area contributed by atoms with Crippen LogP contribution < -0.4 is 5.32 Å². The second-order valence-corrected chi connectivity index (χ2v) is 6.06. The Balaban J connectivity index is 1.74. The molecule has 0 saturated carbocycles. The Morgan fingerprint density at radius 2 is 2.08 bits per heavy atom. The van der Waals surface area contributed by atoms with Crippen LogP contribution in [0.25, 0.3) is 5.69 Å². The molecule has 1 atom stereocenters. The van der Waals surface area contributed by atoms with E-state index in [9.17, 15) is 9.59 Å². The van der Waals surface area contributed by atoms with Crippen molar-refractivity contribution in [2.45, 2.75) is 25.3 Å². The lowest BCUT2D eigenvalue weighted by molar-refractivity contribution is -0.138. The number of carbonyl (C=O) groups excluding carboxylic acids is 1. The van der Waals surface area contributed by atoms with Gasteiger partial charge in [-0.05, 0) is 43.7 Å². The van der Waals surface area contributed by atoms with Gasteiger partial charge < -0.3 is 15.2 Å². The van der Waals surface area contributed by atoms with Crippen molar-refractivity contribution in [2.24, 2.45) is 0 Å². The third-order valence-electron chi connectivity index (χ3n) is 4.09. The van der Waals surface area contributed by atoms with Crippen LogP contribution >= 0.6 is 0 Å². The van der Waals surface area contributed by atoms with Crippen molar-refractivity contribution in [3.05, 3.63) is 47.8 Å². The molecule has 1 aliphatic heterocycles. The third kappa shape index (κ3) is 3.46. The molecule has 2 heterocycles. The Kier molecular flexibility index (Phi) is 4.35. The minimum Gasteiger partial charge on any atom is -0.481 e. The second kappa shape index (κ2) is 6.45. The van der Waals surface area contributed by atoms with Gasteiger partial charge in [0.25, 0.3) is 5.91 Å². The van der Waals surface area contributed by atoms with Crippen molar-refractivity contribution in [3.63, 3.8) is 0 Å². The molecule has 24 heavy (non-hydrogen) atoms. The highest BCUT2D eigenvalue weighted by molar-refractivity contribution is 5.95. The maximum Gasteiger partial charge on any atom is 0.305 e. The summed E-state index contributed by atoms with van der Waals surface area (Å²) >= 11 is 0. The highest BCUT2D eigenvalue weighted by atomic mass is 16.5. The minimum atomic E-state index is -0.954. The van der Waals surface area contributed by atoms with Gasteiger partial charge in [0.05, 0.1) is 29.9 Å². The van der Waals surface area contributed by atoms with Crippen molar-refractivity contribution < 1.29 is 19.4 Å². The second-order valence-electron chi connectivity index (χ2n) is 6.06. The first-order valence-electron chi connectivity index (χ1n) is 7.72. The van der Waals surface area contributed by atoms with Gasteiger partial charge in [-0.2, -0.15) is 5.10 Å². The summed E-state index contributed by atoms with van der Waals surface area (Å²) in [6, 6.07) is 8.90. The van der Waals surface area contributed by atoms with Crippen molar-refractivity contribution in [2.75, 3.05) is 13.2 Å². The number of carboxylic acids is 1. The summed E-state index contributed by atoms with van der Waals surface area (Å²) in [5, 5.41) is 16.2. The number of aliphatic carboxylic acids is 1. The third-order valence-corrected chi connectivity index (χ3v) is 4.09. The van der Waals surface area contributed by atoms with Gasteiger partial charge in [-0.15, -0.1) is 0 Å². The van der Waals surface area contributed by atoms with Gasteiger partial charge in [0.2, 0.25) is 0 Å². The molecule has 1 aromatic carbocycles. The molecule has 2 aromatic rings. The van der Waals surface area contributed by atoms with Gasteiger partial charge in [0, 0.05) is 18.4 Å². The SMILES string of the molecule is Cc1ccn(-c2ccc(C(=O)NC3(CC(=O)O)CCOC3)cc2)n1. The molecule has 126 valence electrons. The summed E-state index contributed by atoms with van der Waals surface area (Å²) in [5.41, 5.74) is 1.40. The lowest BCUT2D eigenvalue weighted by atomic mass is 9.93. The topological polar surface area (TPSA) is 93.5 Å². The zero-order valence-electron chi connectivity index (χ0n) is 13.4. The number of carboxylic acid groups (broad SMARTS) is 1. The van der Waals surface area contributed by atoms with Gasteiger partial charge in [-0.3, -0.25) is 9.59 Å². The number of aromatic nitrogens is 2. The van der Waals surface area contributed by atoms with E-state index >= 15 is 0 Å². The average molecular weight is 329 g/mol. The molecule has 2 N–H and O–H groups in total. The van der Waals surface area contributed by atoms with E-state index in [0.29, 0.717) is 18.6 Å². The van der Waals surface area contributed by atoms with Gasteiger partial charge in [-0.25, -0.2) is 4.68 Å². The number of amides is 1. The van der Waals surface area contributed by atoms with Crippen molar-refractivity contribution in [1.82, 2.24) is 15.1 Å². The van der Waals surface area contributed by atoms with Crippen LogP contribution in [0, 0.1) is 6.92 Å². The van der Waals surface area contributed by atoms with Crippen LogP contribution in [0.3, 0.4) is 0 Å². The average Bonchev–Trinajstić information content (AvgIpc) is 3.16. The van der Waals surface area contributed by atoms with E-state index in [1.807, 2.05) is 19.2 Å². The normalized spacial score (nSPS) is 20.0. The summed E-state index contributed by atoms with van der Waals surface area (Å²) in [6.45, 7) is 2.57. The molecule has 3 rings (SSSR count). The van der Waals surface area contributed by atoms with Crippen LogP contribution in [-0.2, 0) is 9.53 Å². The van der Waals surface area contributed by atoms with E-state index in [1.54, 1.807) is 28.9 Å². The predicted octanol–water partition coefficient (Wildman–Crippen LogP) is 1.54. The monoisotopic (exact) mass is 329 g/mol. The fourth-order valence-corrected chi connectivity index (χ4v) is 2.82. The lowest BCUT2D eigenvalue weighted by Crippen LogP contribution is -2.50. The molecule has 1 saturated heterocycles. The Morgan fingerprint density at radius 1 is 1.33 bits per heavy atom. The predicted molar refractivity (Wildman–Crippen MR) is 86.2 cm³/mol. The number of carbonyl (C=O) groups is 2. The molecule has 1 unspecified atom stereocenters. The van der Waals surface area contributed by atoms with E-state index in [1.165, 1.54) is 0 Å². The highest BCUT2D eigenvalue weighted by Gasteiger charge is 2.38. The zero-order chi connectivity index (χ0) is 17.2. The van der Waals surface area contributed by atoms with Crippen LogP contribution in [0.2, 0.25) is 0 Å². The van der Waals surface area contributed by atoms with E-state index in [0.717, 1.165) is 11.4 Å². The van der Waals surface area contributed by atoms with Crippen LogP contribution in [0.1, 0.15) is 28.9 Å². The molecule has 1 aliphatic rings. The number of hydrogen-bond acceptors (Lipinski definition) is 4. The first kappa shape index (κ1) is 16.2. The Labute approximate surface area is 139 Å². The molecule has 1 amide bonds. The van der Waals surface area contributed by atoms with Gasteiger partial charge in [0.1, 0.15) is 0 Å². The fraction of sp³-hybridized carbons (Fsp3) is 0.353. The first-order chi connectivity index (χ1) is 11.5. The van der Waals surface area contributed by atoms with Crippen LogP contribution in [0.4, 0.5) is 0 Å². The van der Waals surface area contributed by atoms with Crippen LogP contribution in [0.5, 0.6) is 0 Å². The molecule has 1 aromatic heterocycles. The molecular formula is C17H19N3O4. The van der Waals surface area contributed by atoms with Crippen LogP contribution in [-0.4, -0.2) is 45.5 Å². The van der Waals surface area contributed by atoms with Crippen LogP contribution in [0.15, 0.2) is 36.5 Å². The Hall–Kier alpha value is -2.67. The number of benzene rings is 1. The summed E-state index contributed by atoms with van der Waals surface area (Å²) in [5.74, 6) is -1.25. The largest absolute Gasteiger partial charge is 0.481 e. The van der Waals surface area contributed by atoms with E-state index in [2.05, 4.69) is 10.4 Å². The lowest BCUT2D eigenvalue weighted by Gasteiger charge is -2.27. The first-order valence-corrected chi connectivity index (χ1v) is 7.72. The minimum absolute atomic E-state index is 0.149. The van der Waals surface area contributed by atoms with Crippen molar-refractivity contribution in [1.29, 1.82) is 0 Å². The maximum atomic E-state index is 12.5. The van der Waals surface area contributed by atoms with Gasteiger partial charge in [0.15, 0.2) is 0 Å². The smallest absolute Gasteiger partial charge is 0.305 e. The Bertz CT molecular complexity index is 745. The van der Waals surface area contributed by atoms with E-state index in [4.69, 9.17) is 9.84 Å². The quantitative estimate of drug-likeness (QED) is 0.868. The molecule has 7 heteroatoms. The van der Waals surface area contributed by atoms with Gasteiger partial charge in [-0.1, -0.05) is 0 Å². The zero-order valence-corrected chi connectivity index (χ0v) is 13.4. The van der Waals surface area contributed by atoms with E-state index < -0.39 is 11.5 Å². The standard InChI is InChI=1S/C17H19N3O4/c1-12-6-8-20(19-12)14-4-2-13(3-5-14)16(23)18-17(10-15(21)22)7-9-24-11-17/h2-6,8H,7,9-11H2,1H3,(H,18,23)(H,21,22). The molecule has 7 nitrogen and oxygen atoms in total. The molecular weight excluding hydrogens is 310 g/mol. The van der Waals surface area contributed by atoms with Crippen molar-refractivity contribution in [3.8, 4) is 5.69 Å². The summed E-state index contributed by atoms with van der Waals surface area (Å²) < 4.78 is 7.02. The number of rotatable bonds is 5. The summed E-state index contributed by atoms with van der Waals surface area (Å²) in [6.07, 6.45) is 2.20. The molecule has 1 fully saturated rings. The van der Waals surface area contributed by atoms with Gasteiger partial charge >= 0.3 is 5.97 Å². The van der Waals surface area contributed by atoms with E-state index in [-0.39, 0.29) is 18.9 Å². The molecule has 0 aliphatic carbocycles. The van der Waals surface area contributed by atoms with Crippen molar-refractivity contribution >= 4 is 11.9 Å². The highest BCUT2D eigenvalue weighted by Crippen LogP contribution is 2.23. The molecule has 0 spiro atoms. The number of nitrogens with one attached hydrogen (secondary N) is 1. The number of ether oxygens (including phenoxy) is 1. The molecule has 0 bridgehead atoms. The molecule has 0 radical (unpaired) electrons. The summed E-state index contributed by atoms with van der Waals surface area (Å²) in [7, 11) is 0. The number of nitrogens with zero attached hydrogens (tertiary/aromatic N) is 2. The maximum absolute atomic E-state index is 12.5. The number of aryl methyl sites for hydroxylation is 1. The summed E-state index contributed by atoms with van der Waals surface area (Å²) in [4.78, 5) is 23.5. The Morgan fingerprint density at radius 3 is 2.62 bits per heavy atom.